The molecule has 3 rings (SSSR count). The second-order valence-electron chi connectivity index (χ2n) is 6.18. The van der Waals surface area contributed by atoms with Crippen LogP contribution in [0.5, 0.6) is 0 Å². The standard InChI is InChI=1S/C21H23NO4/c1-2-3-8-26-21(24)22-13-15-5-4-6-17(10-15)19-12-16(14-23)11-18-7-9-25-20(18)19/h4-7,9-12,23H,2-3,8,13-14H2,1H3,(H,22,24). The lowest BCUT2D eigenvalue weighted by atomic mass is 9.99. The van der Waals surface area contributed by atoms with Gasteiger partial charge in [0.1, 0.15) is 5.58 Å². The Bertz CT molecular complexity index is 885. The summed E-state index contributed by atoms with van der Waals surface area (Å²) in [4.78, 5) is 11.7. The molecule has 0 aliphatic rings. The summed E-state index contributed by atoms with van der Waals surface area (Å²) < 4.78 is 10.7. The number of aliphatic hydroxyl groups is 1. The number of benzene rings is 2. The van der Waals surface area contributed by atoms with Crippen molar-refractivity contribution in [3.05, 3.63) is 59.9 Å². The van der Waals surface area contributed by atoms with Crippen LogP contribution in [0.3, 0.4) is 0 Å². The SMILES string of the molecule is CCCCOC(=O)NCc1cccc(-c2cc(CO)cc3ccoc23)c1. The number of carbonyl (C=O) groups excluding carboxylic acids is 1. The van der Waals surface area contributed by atoms with E-state index in [2.05, 4.69) is 12.2 Å². The molecule has 2 N–H and O–H groups in total. The number of ether oxygens (including phenoxy) is 1. The quantitative estimate of drug-likeness (QED) is 0.608. The highest BCUT2D eigenvalue weighted by atomic mass is 16.5. The summed E-state index contributed by atoms with van der Waals surface area (Å²) in [6.45, 7) is 2.85. The van der Waals surface area contributed by atoms with Crippen molar-refractivity contribution in [1.29, 1.82) is 0 Å². The van der Waals surface area contributed by atoms with Crippen LogP contribution in [0.15, 0.2) is 53.1 Å². The van der Waals surface area contributed by atoms with E-state index in [0.717, 1.165) is 46.1 Å². The summed E-state index contributed by atoms with van der Waals surface area (Å²) in [7, 11) is 0. The lowest BCUT2D eigenvalue weighted by Crippen LogP contribution is -2.24. The predicted molar refractivity (Wildman–Crippen MR) is 101 cm³/mol. The molecule has 0 unspecified atom stereocenters. The molecule has 26 heavy (non-hydrogen) atoms. The fourth-order valence-corrected chi connectivity index (χ4v) is 2.83. The topological polar surface area (TPSA) is 71.7 Å². The maximum atomic E-state index is 11.7. The molecule has 1 aromatic heterocycles. The molecule has 1 amide bonds. The molecule has 1 heterocycles. The molecule has 2 aromatic carbocycles. The molecule has 136 valence electrons. The average Bonchev–Trinajstić information content (AvgIpc) is 3.14. The van der Waals surface area contributed by atoms with E-state index < -0.39 is 6.09 Å². The molecular formula is C21H23NO4. The Morgan fingerprint density at radius 2 is 2.08 bits per heavy atom. The second-order valence-corrected chi connectivity index (χ2v) is 6.18. The molecule has 0 radical (unpaired) electrons. The summed E-state index contributed by atoms with van der Waals surface area (Å²) in [5.41, 5.74) is 4.47. The van der Waals surface area contributed by atoms with E-state index in [4.69, 9.17) is 9.15 Å². The van der Waals surface area contributed by atoms with E-state index in [1.165, 1.54) is 0 Å². The number of rotatable bonds is 7. The second kappa shape index (κ2) is 8.54. The van der Waals surface area contributed by atoms with Gasteiger partial charge in [-0.2, -0.15) is 0 Å². The Hall–Kier alpha value is -2.79. The Kier molecular flexibility index (Phi) is 5.92. The molecule has 0 saturated carbocycles. The van der Waals surface area contributed by atoms with Gasteiger partial charge in [0.05, 0.1) is 19.5 Å². The van der Waals surface area contributed by atoms with Crippen molar-refractivity contribution in [2.75, 3.05) is 6.61 Å². The summed E-state index contributed by atoms with van der Waals surface area (Å²) in [5.74, 6) is 0. The van der Waals surface area contributed by atoms with Crippen LogP contribution in [0.25, 0.3) is 22.1 Å². The molecule has 0 aliphatic heterocycles. The van der Waals surface area contributed by atoms with Crippen LogP contribution in [0, 0.1) is 0 Å². The summed E-state index contributed by atoms with van der Waals surface area (Å²) in [5, 5.41) is 13.2. The van der Waals surface area contributed by atoms with Gasteiger partial charge in [0.15, 0.2) is 0 Å². The van der Waals surface area contributed by atoms with Gasteiger partial charge in [-0.15, -0.1) is 0 Å². The maximum Gasteiger partial charge on any atom is 0.407 e. The highest BCUT2D eigenvalue weighted by molar-refractivity contribution is 5.93. The van der Waals surface area contributed by atoms with E-state index >= 15 is 0 Å². The number of hydrogen-bond acceptors (Lipinski definition) is 4. The summed E-state index contributed by atoms with van der Waals surface area (Å²) in [6, 6.07) is 13.6. The molecule has 0 bridgehead atoms. The molecule has 0 spiro atoms. The zero-order chi connectivity index (χ0) is 18.4. The van der Waals surface area contributed by atoms with Gasteiger partial charge < -0.3 is 19.6 Å². The van der Waals surface area contributed by atoms with Gasteiger partial charge in [0.25, 0.3) is 0 Å². The number of nitrogens with one attached hydrogen (secondary N) is 1. The van der Waals surface area contributed by atoms with Crippen LogP contribution in [0.4, 0.5) is 4.79 Å². The number of aliphatic hydroxyl groups excluding tert-OH is 1. The zero-order valence-corrected chi connectivity index (χ0v) is 14.8. The van der Waals surface area contributed by atoms with E-state index in [1.54, 1.807) is 6.26 Å². The molecule has 0 saturated heterocycles. The monoisotopic (exact) mass is 353 g/mol. The minimum atomic E-state index is -0.403. The Labute approximate surface area is 152 Å². The number of hydrogen-bond donors (Lipinski definition) is 2. The molecule has 3 aromatic rings. The first kappa shape index (κ1) is 18.0. The maximum absolute atomic E-state index is 11.7. The van der Waals surface area contributed by atoms with Gasteiger partial charge in [0.2, 0.25) is 0 Å². The Balaban J connectivity index is 1.77. The molecule has 0 atom stereocenters. The van der Waals surface area contributed by atoms with Crippen molar-refractivity contribution in [3.63, 3.8) is 0 Å². The van der Waals surface area contributed by atoms with Gasteiger partial charge in [-0.25, -0.2) is 4.79 Å². The Morgan fingerprint density at radius 3 is 2.88 bits per heavy atom. The van der Waals surface area contributed by atoms with E-state index in [-0.39, 0.29) is 6.61 Å². The van der Waals surface area contributed by atoms with Crippen molar-refractivity contribution in [1.82, 2.24) is 5.32 Å². The predicted octanol–water partition coefficient (Wildman–Crippen LogP) is 4.62. The fourth-order valence-electron chi connectivity index (χ4n) is 2.83. The van der Waals surface area contributed by atoms with Crippen LogP contribution in [0.2, 0.25) is 0 Å². The highest BCUT2D eigenvalue weighted by Crippen LogP contribution is 2.31. The van der Waals surface area contributed by atoms with Crippen molar-refractivity contribution in [2.24, 2.45) is 0 Å². The lowest BCUT2D eigenvalue weighted by molar-refractivity contribution is 0.144. The van der Waals surface area contributed by atoms with Crippen LogP contribution >= 0.6 is 0 Å². The van der Waals surface area contributed by atoms with Crippen molar-refractivity contribution in [2.45, 2.75) is 32.9 Å². The summed E-state index contributed by atoms with van der Waals surface area (Å²) >= 11 is 0. The fraction of sp³-hybridized carbons (Fsp3) is 0.286. The number of amides is 1. The third-order valence-electron chi connectivity index (χ3n) is 4.20. The molecule has 0 aliphatic carbocycles. The first-order valence-corrected chi connectivity index (χ1v) is 8.82. The van der Waals surface area contributed by atoms with Crippen molar-refractivity contribution in [3.8, 4) is 11.1 Å². The molecule has 5 nitrogen and oxygen atoms in total. The number of fused-ring (bicyclic) bond motifs is 1. The summed E-state index contributed by atoms with van der Waals surface area (Å²) in [6.07, 6.45) is 3.10. The average molecular weight is 353 g/mol. The van der Waals surface area contributed by atoms with Crippen LogP contribution < -0.4 is 5.32 Å². The van der Waals surface area contributed by atoms with Gasteiger partial charge in [0, 0.05) is 17.5 Å². The van der Waals surface area contributed by atoms with Crippen LogP contribution in [-0.2, 0) is 17.9 Å². The van der Waals surface area contributed by atoms with E-state index in [9.17, 15) is 9.90 Å². The van der Waals surface area contributed by atoms with Gasteiger partial charge in [-0.3, -0.25) is 0 Å². The number of carbonyl (C=O) groups is 1. The number of furan rings is 1. The minimum Gasteiger partial charge on any atom is -0.464 e. The number of unbranched alkanes of at least 4 members (excludes halogenated alkanes) is 1. The van der Waals surface area contributed by atoms with Gasteiger partial charge >= 0.3 is 6.09 Å². The first-order valence-electron chi connectivity index (χ1n) is 8.82. The third kappa shape index (κ3) is 4.24. The van der Waals surface area contributed by atoms with E-state index in [1.807, 2.05) is 42.5 Å². The lowest BCUT2D eigenvalue weighted by Gasteiger charge is -2.09. The largest absolute Gasteiger partial charge is 0.464 e. The minimum absolute atomic E-state index is 0.0288. The van der Waals surface area contributed by atoms with Gasteiger partial charge in [-0.05, 0) is 47.4 Å². The highest BCUT2D eigenvalue weighted by Gasteiger charge is 2.10. The van der Waals surface area contributed by atoms with E-state index in [0.29, 0.717) is 13.2 Å². The number of alkyl carbamates (subject to hydrolysis) is 1. The van der Waals surface area contributed by atoms with Crippen molar-refractivity contribution >= 4 is 17.1 Å². The van der Waals surface area contributed by atoms with Crippen LogP contribution in [-0.4, -0.2) is 17.8 Å². The molecule has 5 heteroatoms. The third-order valence-corrected chi connectivity index (χ3v) is 4.20. The normalized spacial score (nSPS) is 10.8. The first-order chi connectivity index (χ1) is 12.7. The zero-order valence-electron chi connectivity index (χ0n) is 14.8. The van der Waals surface area contributed by atoms with Crippen LogP contribution in [0.1, 0.15) is 30.9 Å². The smallest absolute Gasteiger partial charge is 0.407 e. The Morgan fingerprint density at radius 1 is 1.19 bits per heavy atom. The molecular weight excluding hydrogens is 330 g/mol. The molecule has 0 fully saturated rings. The van der Waals surface area contributed by atoms with Gasteiger partial charge in [-0.1, -0.05) is 31.5 Å². The van der Waals surface area contributed by atoms with Crippen molar-refractivity contribution < 1.29 is 19.1 Å².